The van der Waals surface area contributed by atoms with Crippen LogP contribution < -0.4 is 10.6 Å². The van der Waals surface area contributed by atoms with E-state index >= 15 is 0 Å². The molecule has 1 amide bonds. The van der Waals surface area contributed by atoms with E-state index in [1.165, 1.54) is 15.6 Å². The Morgan fingerprint density at radius 3 is 2.88 bits per heavy atom. The van der Waals surface area contributed by atoms with E-state index in [2.05, 4.69) is 15.6 Å². The van der Waals surface area contributed by atoms with E-state index in [1.54, 1.807) is 31.6 Å². The minimum Gasteiger partial charge on any atom is -0.355 e. The maximum Gasteiger partial charge on any atom is 0.252 e. The summed E-state index contributed by atoms with van der Waals surface area (Å²) in [4.78, 5) is 17.8. The van der Waals surface area contributed by atoms with E-state index in [1.807, 2.05) is 11.8 Å². The molecular formula is C16H27N5O3S2. The van der Waals surface area contributed by atoms with Crippen molar-refractivity contribution in [3.05, 3.63) is 17.5 Å². The number of likely N-dealkylation sites (tertiary alicyclic amines) is 1. The lowest BCUT2D eigenvalue weighted by molar-refractivity contribution is -0.129. The van der Waals surface area contributed by atoms with Crippen LogP contribution in [0.15, 0.2) is 26.7 Å². The summed E-state index contributed by atoms with van der Waals surface area (Å²) in [7, 11) is -0.195. The molecular weight excluding hydrogens is 374 g/mol. The first-order chi connectivity index (χ1) is 12.4. The highest BCUT2D eigenvalue weighted by molar-refractivity contribution is 7.91. The molecule has 0 radical (unpaired) electrons. The highest BCUT2D eigenvalue weighted by atomic mass is 32.2. The first kappa shape index (κ1) is 20.7. The number of thiophene rings is 1. The van der Waals surface area contributed by atoms with Gasteiger partial charge in [-0.1, -0.05) is 13.0 Å². The molecule has 10 heteroatoms. The molecule has 1 aliphatic rings. The Balaban J connectivity index is 1.78. The fourth-order valence-electron chi connectivity index (χ4n) is 2.73. The summed E-state index contributed by atoms with van der Waals surface area (Å²) >= 11 is 1.21. The van der Waals surface area contributed by atoms with Gasteiger partial charge in [0.1, 0.15) is 4.21 Å². The van der Waals surface area contributed by atoms with Crippen molar-refractivity contribution in [2.24, 2.45) is 4.99 Å². The zero-order valence-corrected chi connectivity index (χ0v) is 17.1. The van der Waals surface area contributed by atoms with Crippen LogP contribution >= 0.6 is 11.3 Å². The van der Waals surface area contributed by atoms with Gasteiger partial charge in [-0.05, 0) is 17.9 Å². The summed E-state index contributed by atoms with van der Waals surface area (Å²) in [5.41, 5.74) is 0. The Bertz CT molecular complexity index is 718. The minimum atomic E-state index is -3.44. The SMILES string of the molecule is CCC(=O)N1CCC(NC(=NC)NCCN(C)S(=O)(=O)c2cccs2)C1. The van der Waals surface area contributed by atoms with Gasteiger partial charge in [0.25, 0.3) is 10.0 Å². The van der Waals surface area contributed by atoms with Crippen molar-refractivity contribution in [1.29, 1.82) is 0 Å². The maximum absolute atomic E-state index is 12.4. The molecule has 1 fully saturated rings. The standard InChI is InChI=1S/C16H27N5O3S2/c1-4-14(22)21-9-7-13(12-21)19-16(17-2)18-8-10-20(3)26(23,24)15-6-5-11-25-15/h5-6,11,13H,4,7-10,12H2,1-3H3,(H2,17,18,19). The normalized spacial score (nSPS) is 18.4. The predicted molar refractivity (Wildman–Crippen MR) is 104 cm³/mol. The van der Waals surface area contributed by atoms with Gasteiger partial charge in [0.15, 0.2) is 5.96 Å². The van der Waals surface area contributed by atoms with Gasteiger partial charge in [-0.25, -0.2) is 8.42 Å². The molecule has 2 heterocycles. The van der Waals surface area contributed by atoms with E-state index < -0.39 is 10.0 Å². The summed E-state index contributed by atoms with van der Waals surface area (Å²) in [6.07, 6.45) is 1.39. The van der Waals surface area contributed by atoms with Crippen molar-refractivity contribution in [2.45, 2.75) is 30.0 Å². The summed E-state index contributed by atoms with van der Waals surface area (Å²) in [6.45, 7) is 4.05. The fourth-order valence-corrected chi connectivity index (χ4v) is 5.10. The Morgan fingerprint density at radius 1 is 1.50 bits per heavy atom. The third-order valence-electron chi connectivity index (χ3n) is 4.29. The van der Waals surface area contributed by atoms with E-state index in [0.29, 0.717) is 36.2 Å². The molecule has 2 N–H and O–H groups in total. The lowest BCUT2D eigenvalue weighted by Gasteiger charge is -2.20. The molecule has 146 valence electrons. The predicted octanol–water partition coefficient (Wildman–Crippen LogP) is 0.545. The summed E-state index contributed by atoms with van der Waals surface area (Å²) in [5, 5.41) is 8.18. The number of rotatable bonds is 7. The van der Waals surface area contributed by atoms with Gasteiger partial charge in [-0.2, -0.15) is 4.31 Å². The number of sulfonamides is 1. The van der Waals surface area contributed by atoms with Crippen molar-refractivity contribution in [3.63, 3.8) is 0 Å². The quantitative estimate of drug-likeness (QED) is 0.514. The van der Waals surface area contributed by atoms with Gasteiger partial charge >= 0.3 is 0 Å². The summed E-state index contributed by atoms with van der Waals surface area (Å²) in [5.74, 6) is 0.778. The third kappa shape index (κ3) is 5.18. The van der Waals surface area contributed by atoms with E-state index in [0.717, 1.165) is 13.0 Å². The van der Waals surface area contributed by atoms with Gasteiger partial charge in [-0.3, -0.25) is 9.79 Å². The number of amides is 1. The van der Waals surface area contributed by atoms with Crippen molar-refractivity contribution in [1.82, 2.24) is 19.8 Å². The van der Waals surface area contributed by atoms with Crippen molar-refractivity contribution < 1.29 is 13.2 Å². The molecule has 0 spiro atoms. The summed E-state index contributed by atoms with van der Waals surface area (Å²) < 4.78 is 26.4. The minimum absolute atomic E-state index is 0.157. The molecule has 0 aliphatic carbocycles. The zero-order chi connectivity index (χ0) is 19.2. The average molecular weight is 402 g/mol. The monoisotopic (exact) mass is 401 g/mol. The molecule has 1 saturated heterocycles. The highest BCUT2D eigenvalue weighted by Gasteiger charge is 2.26. The molecule has 1 aliphatic heterocycles. The third-order valence-corrected chi connectivity index (χ3v) is 7.52. The molecule has 0 aromatic carbocycles. The Hall–Kier alpha value is -1.65. The number of likely N-dealkylation sites (N-methyl/N-ethyl adjacent to an activating group) is 1. The van der Waals surface area contributed by atoms with Crippen molar-refractivity contribution in [3.8, 4) is 0 Å². The Labute approximate surface area is 159 Å². The lowest BCUT2D eigenvalue weighted by atomic mass is 10.3. The van der Waals surface area contributed by atoms with Crippen LogP contribution in [0.1, 0.15) is 19.8 Å². The van der Waals surface area contributed by atoms with E-state index in [4.69, 9.17) is 0 Å². The smallest absolute Gasteiger partial charge is 0.252 e. The number of nitrogens with zero attached hydrogens (tertiary/aromatic N) is 3. The highest BCUT2D eigenvalue weighted by Crippen LogP contribution is 2.19. The van der Waals surface area contributed by atoms with Crippen molar-refractivity contribution >= 4 is 33.2 Å². The number of guanidine groups is 1. The largest absolute Gasteiger partial charge is 0.355 e. The molecule has 8 nitrogen and oxygen atoms in total. The number of hydrogen-bond acceptors (Lipinski definition) is 5. The van der Waals surface area contributed by atoms with Gasteiger partial charge in [0.05, 0.1) is 0 Å². The number of nitrogens with one attached hydrogen (secondary N) is 2. The zero-order valence-electron chi connectivity index (χ0n) is 15.4. The molecule has 26 heavy (non-hydrogen) atoms. The van der Waals surface area contributed by atoms with Gasteiger partial charge in [0, 0.05) is 52.7 Å². The van der Waals surface area contributed by atoms with Crippen LogP contribution in [-0.4, -0.2) is 75.8 Å². The van der Waals surface area contributed by atoms with Gasteiger partial charge < -0.3 is 15.5 Å². The molecule has 1 aromatic rings. The van der Waals surface area contributed by atoms with Crippen LogP contribution in [0, 0.1) is 0 Å². The molecule has 1 aromatic heterocycles. The van der Waals surface area contributed by atoms with E-state index in [-0.39, 0.29) is 11.9 Å². The van der Waals surface area contributed by atoms with Crippen LogP contribution in [0.5, 0.6) is 0 Å². The fraction of sp³-hybridized carbons (Fsp3) is 0.625. The second-order valence-electron chi connectivity index (χ2n) is 6.08. The number of hydrogen-bond donors (Lipinski definition) is 2. The first-order valence-electron chi connectivity index (χ1n) is 8.63. The lowest BCUT2D eigenvalue weighted by Crippen LogP contribution is -2.47. The van der Waals surface area contributed by atoms with Crippen LogP contribution in [0.2, 0.25) is 0 Å². The molecule has 1 atom stereocenters. The van der Waals surface area contributed by atoms with Crippen LogP contribution in [0.4, 0.5) is 0 Å². The van der Waals surface area contributed by atoms with Gasteiger partial charge in [-0.15, -0.1) is 11.3 Å². The molecule has 0 bridgehead atoms. The molecule has 1 unspecified atom stereocenters. The number of aliphatic imine (C=N–C) groups is 1. The second-order valence-corrected chi connectivity index (χ2v) is 9.30. The number of carbonyl (C=O) groups is 1. The molecule has 0 saturated carbocycles. The van der Waals surface area contributed by atoms with E-state index in [9.17, 15) is 13.2 Å². The topological polar surface area (TPSA) is 94.1 Å². The maximum atomic E-state index is 12.4. The second kappa shape index (κ2) is 9.33. The van der Waals surface area contributed by atoms with Crippen molar-refractivity contribution in [2.75, 3.05) is 40.3 Å². The first-order valence-corrected chi connectivity index (χ1v) is 10.9. The molecule has 2 rings (SSSR count). The average Bonchev–Trinajstić information content (AvgIpc) is 3.32. The van der Waals surface area contributed by atoms with Crippen LogP contribution in [-0.2, 0) is 14.8 Å². The van der Waals surface area contributed by atoms with Crippen LogP contribution in [0.25, 0.3) is 0 Å². The summed E-state index contributed by atoms with van der Waals surface area (Å²) in [6, 6.07) is 3.49. The Morgan fingerprint density at radius 2 is 2.27 bits per heavy atom. The van der Waals surface area contributed by atoms with Gasteiger partial charge in [0.2, 0.25) is 5.91 Å². The Kier molecular flexibility index (Phi) is 7.42. The van der Waals surface area contributed by atoms with Crippen LogP contribution in [0.3, 0.4) is 0 Å². The number of carbonyl (C=O) groups excluding carboxylic acids is 1.